The molecule has 1 aromatic heterocycles. The molecular weight excluding hydrogens is 445 g/mol. The topological polar surface area (TPSA) is 88.9 Å². The molecule has 0 atom stereocenters. The van der Waals surface area contributed by atoms with Gasteiger partial charge in [-0.05, 0) is 74.9 Å². The molecule has 0 fully saturated rings. The second kappa shape index (κ2) is 10.5. The van der Waals surface area contributed by atoms with Crippen molar-refractivity contribution in [1.82, 2.24) is 9.88 Å². The number of aliphatic imine (C=N–C) groups is 1. The summed E-state index contributed by atoms with van der Waals surface area (Å²) in [6, 6.07) is 19.3. The van der Waals surface area contributed by atoms with E-state index in [4.69, 9.17) is 10.1 Å². The lowest BCUT2D eigenvalue weighted by Gasteiger charge is -2.11. The predicted octanol–water partition coefficient (Wildman–Crippen LogP) is 5.30. The Morgan fingerprint density at radius 1 is 1.03 bits per heavy atom. The number of benzene rings is 3. The third kappa shape index (κ3) is 5.94. The van der Waals surface area contributed by atoms with Gasteiger partial charge in [0.25, 0.3) is 0 Å². The van der Waals surface area contributed by atoms with Crippen molar-refractivity contribution < 1.29 is 19.4 Å². The largest absolute Gasteiger partial charge is 0.494 e. The Kier molecular flexibility index (Phi) is 7.27. The molecule has 0 unspecified atom stereocenters. The molecule has 4 rings (SSSR count). The second-order valence-electron chi connectivity index (χ2n) is 8.84. The maximum atomic E-state index is 13.8. The van der Waals surface area contributed by atoms with Crippen molar-refractivity contribution >= 4 is 28.3 Å². The number of hydrogen-bond acceptors (Lipinski definition) is 4. The van der Waals surface area contributed by atoms with Crippen molar-refractivity contribution in [1.29, 1.82) is 0 Å². The Morgan fingerprint density at radius 2 is 1.80 bits per heavy atom. The number of aromatic amines is 1. The molecule has 0 radical (unpaired) electrons. The Balaban J connectivity index is 1.80. The normalized spacial score (nSPS) is 11.9. The number of aromatic hydroxyl groups is 1. The Morgan fingerprint density at radius 3 is 2.51 bits per heavy atom. The number of aliphatic carboxylic acids is 1. The van der Waals surface area contributed by atoms with Crippen LogP contribution in [0.25, 0.3) is 10.9 Å². The number of nitrogens with one attached hydrogen (secondary N) is 1. The average Bonchev–Trinajstić information content (AvgIpc) is 3.12. The van der Waals surface area contributed by atoms with Gasteiger partial charge in [-0.1, -0.05) is 36.4 Å². The summed E-state index contributed by atoms with van der Waals surface area (Å²) in [5, 5.41) is 20.5. The fourth-order valence-electron chi connectivity index (χ4n) is 4.13. The number of carboxylic acids is 1. The maximum Gasteiger partial charge on any atom is 0.307 e. The highest BCUT2D eigenvalue weighted by atomic mass is 19.1. The summed E-state index contributed by atoms with van der Waals surface area (Å²) in [4.78, 5) is 21.0. The van der Waals surface area contributed by atoms with Gasteiger partial charge >= 0.3 is 5.97 Å². The smallest absolute Gasteiger partial charge is 0.307 e. The highest BCUT2D eigenvalue weighted by Gasteiger charge is 2.19. The van der Waals surface area contributed by atoms with Crippen molar-refractivity contribution in [3.8, 4) is 5.88 Å². The van der Waals surface area contributed by atoms with E-state index >= 15 is 0 Å². The lowest BCUT2D eigenvalue weighted by atomic mass is 9.99. The van der Waals surface area contributed by atoms with Crippen LogP contribution in [0.2, 0.25) is 0 Å². The molecule has 180 valence electrons. The van der Waals surface area contributed by atoms with Crippen LogP contribution in [-0.4, -0.2) is 52.4 Å². The number of carbonyl (C=O) groups is 1. The number of carboxylic acid groups (broad SMARTS) is 1. The first-order valence-electron chi connectivity index (χ1n) is 11.4. The molecule has 0 saturated carbocycles. The minimum atomic E-state index is -0.908. The number of nitrogens with zero attached hydrogens (tertiary/aromatic N) is 2. The lowest BCUT2D eigenvalue weighted by molar-refractivity contribution is -0.136. The quantitative estimate of drug-likeness (QED) is 0.288. The number of rotatable bonds is 9. The summed E-state index contributed by atoms with van der Waals surface area (Å²) < 4.78 is 13.8. The monoisotopic (exact) mass is 473 g/mol. The van der Waals surface area contributed by atoms with Crippen molar-refractivity contribution in [2.75, 3.05) is 20.6 Å². The molecule has 0 aliphatic heterocycles. The summed E-state index contributed by atoms with van der Waals surface area (Å²) in [6.07, 6.45) is 1.85. The van der Waals surface area contributed by atoms with Gasteiger partial charge in [0.05, 0.1) is 28.9 Å². The van der Waals surface area contributed by atoms with Crippen molar-refractivity contribution in [3.05, 3.63) is 94.8 Å². The van der Waals surface area contributed by atoms with Gasteiger partial charge in [0.1, 0.15) is 5.82 Å². The molecule has 7 heteroatoms. The molecule has 0 amide bonds. The highest BCUT2D eigenvalue weighted by Crippen LogP contribution is 2.32. The summed E-state index contributed by atoms with van der Waals surface area (Å²) in [6.45, 7) is 0.987. The zero-order valence-corrected chi connectivity index (χ0v) is 19.8. The average molecular weight is 474 g/mol. The van der Waals surface area contributed by atoms with Crippen molar-refractivity contribution in [2.24, 2.45) is 4.99 Å². The Labute approximate surface area is 203 Å². The van der Waals surface area contributed by atoms with E-state index in [-0.39, 0.29) is 12.3 Å². The summed E-state index contributed by atoms with van der Waals surface area (Å²) >= 11 is 0. The van der Waals surface area contributed by atoms with E-state index in [1.54, 1.807) is 30.3 Å². The van der Waals surface area contributed by atoms with Crippen LogP contribution < -0.4 is 0 Å². The molecule has 3 N–H and O–H groups in total. The molecule has 6 nitrogen and oxygen atoms in total. The molecule has 4 aromatic rings. The zero-order chi connectivity index (χ0) is 24.9. The molecule has 0 bridgehead atoms. The van der Waals surface area contributed by atoms with E-state index in [1.165, 1.54) is 12.1 Å². The van der Waals surface area contributed by atoms with Crippen LogP contribution in [0.1, 0.15) is 28.7 Å². The number of fused-ring (bicyclic) bond motifs is 1. The molecule has 0 saturated heterocycles. The fourth-order valence-corrected chi connectivity index (χ4v) is 4.13. The van der Waals surface area contributed by atoms with Crippen LogP contribution in [0, 0.1) is 5.82 Å². The summed E-state index contributed by atoms with van der Waals surface area (Å²) in [5.74, 6) is -1.43. The second-order valence-corrected chi connectivity index (χ2v) is 8.84. The van der Waals surface area contributed by atoms with E-state index in [1.807, 2.05) is 32.3 Å². The predicted molar refractivity (Wildman–Crippen MR) is 136 cm³/mol. The van der Waals surface area contributed by atoms with Gasteiger partial charge in [0, 0.05) is 10.9 Å². The summed E-state index contributed by atoms with van der Waals surface area (Å²) in [5.41, 5.74) is 4.69. The number of hydrogen-bond donors (Lipinski definition) is 3. The molecule has 0 aliphatic rings. The lowest BCUT2D eigenvalue weighted by Crippen LogP contribution is -2.13. The van der Waals surface area contributed by atoms with Gasteiger partial charge < -0.3 is 20.1 Å². The molecule has 3 aromatic carbocycles. The fraction of sp³-hybridized carbons (Fsp3) is 0.214. The van der Waals surface area contributed by atoms with Crippen LogP contribution in [0.3, 0.4) is 0 Å². The van der Waals surface area contributed by atoms with E-state index in [0.717, 1.165) is 30.6 Å². The first-order valence-corrected chi connectivity index (χ1v) is 11.4. The number of H-pyrrole nitrogens is 1. The Bertz CT molecular complexity index is 1370. The molecule has 1 heterocycles. The van der Waals surface area contributed by atoms with Crippen molar-refractivity contribution in [3.63, 3.8) is 0 Å². The van der Waals surface area contributed by atoms with Gasteiger partial charge in [-0.25, -0.2) is 9.38 Å². The van der Waals surface area contributed by atoms with Gasteiger partial charge in [-0.3, -0.25) is 4.79 Å². The van der Waals surface area contributed by atoms with Gasteiger partial charge in [0.15, 0.2) is 5.88 Å². The van der Waals surface area contributed by atoms with Gasteiger partial charge in [0.2, 0.25) is 0 Å². The van der Waals surface area contributed by atoms with Crippen LogP contribution in [-0.2, 0) is 17.6 Å². The van der Waals surface area contributed by atoms with Gasteiger partial charge in [-0.2, -0.15) is 0 Å². The SMILES string of the molecule is CN(C)CCCc1cccc(N=C(c2ccc(CC(=O)O)cc2)c2c(O)[nH]c3cc(F)ccc23)c1. The third-order valence-electron chi connectivity index (χ3n) is 5.78. The first-order chi connectivity index (χ1) is 16.8. The minimum Gasteiger partial charge on any atom is -0.494 e. The highest BCUT2D eigenvalue weighted by molar-refractivity contribution is 6.21. The van der Waals surface area contributed by atoms with Crippen molar-refractivity contribution in [2.45, 2.75) is 19.3 Å². The molecular formula is C28H28FN3O3. The van der Waals surface area contributed by atoms with Crippen LogP contribution >= 0.6 is 0 Å². The molecule has 0 aliphatic carbocycles. The van der Waals surface area contributed by atoms with Crippen LogP contribution in [0.5, 0.6) is 5.88 Å². The van der Waals surface area contributed by atoms with E-state index in [0.29, 0.717) is 33.3 Å². The van der Waals surface area contributed by atoms with Gasteiger partial charge in [-0.15, -0.1) is 0 Å². The maximum absolute atomic E-state index is 13.8. The molecule has 0 spiro atoms. The Hall–Kier alpha value is -3.97. The third-order valence-corrected chi connectivity index (χ3v) is 5.78. The van der Waals surface area contributed by atoms with E-state index in [9.17, 15) is 14.3 Å². The van der Waals surface area contributed by atoms with Crippen LogP contribution in [0.15, 0.2) is 71.7 Å². The van der Waals surface area contributed by atoms with E-state index < -0.39 is 11.8 Å². The van der Waals surface area contributed by atoms with E-state index in [2.05, 4.69) is 16.0 Å². The minimum absolute atomic E-state index is 0.0840. The summed E-state index contributed by atoms with van der Waals surface area (Å²) in [7, 11) is 4.10. The standard InChI is InChI=1S/C28H28FN3O3/c1-32(2)14-4-6-18-5-3-7-22(15-18)30-27(20-10-8-19(9-11-20)16-25(33)34)26-23-13-12-21(29)17-24(23)31-28(26)35/h3,5,7-13,15,17,31,35H,4,6,14,16H2,1-2H3,(H,33,34). The number of halogens is 1. The number of aryl methyl sites for hydroxylation is 1. The first kappa shape index (κ1) is 24.2. The number of aromatic nitrogens is 1. The zero-order valence-electron chi connectivity index (χ0n) is 19.8. The molecule has 35 heavy (non-hydrogen) atoms. The van der Waals surface area contributed by atoms with Crippen LogP contribution in [0.4, 0.5) is 10.1 Å².